The molecule has 1 aliphatic heterocycles. The summed E-state index contributed by atoms with van der Waals surface area (Å²) < 4.78 is 46.6. The van der Waals surface area contributed by atoms with Crippen LogP contribution in [0.5, 0.6) is 5.75 Å². The molecule has 0 aliphatic carbocycles. The topological polar surface area (TPSA) is 75.7 Å². The van der Waals surface area contributed by atoms with Gasteiger partial charge >= 0.3 is 0 Å². The Morgan fingerprint density at radius 3 is 2.68 bits per heavy atom. The summed E-state index contributed by atoms with van der Waals surface area (Å²) in [7, 11) is -1.97. The van der Waals surface area contributed by atoms with Gasteiger partial charge in [0, 0.05) is 25.2 Å². The Morgan fingerprint density at radius 1 is 1.23 bits per heavy atom. The van der Waals surface area contributed by atoms with Gasteiger partial charge in [-0.3, -0.25) is 4.79 Å². The van der Waals surface area contributed by atoms with Crippen LogP contribution < -0.4 is 10.1 Å². The third-order valence-corrected chi connectivity index (χ3v) is 8.24. The third kappa shape index (κ3) is 5.07. The standard InChI is InChI=1S/C23H29FN2O4S/c1-4-16(2)31(28,29)26-12-11-25-23(27)18(15-26)13-17-7-5-6-8-20(17)21-14-19(24)9-10-22(21)30-3/h5-10,14,16,18H,4,11-13,15H2,1-3H3,(H,25,27)/t16-,18-/m1/s1. The Morgan fingerprint density at radius 2 is 1.97 bits per heavy atom. The van der Waals surface area contributed by atoms with E-state index in [9.17, 15) is 17.6 Å². The average Bonchev–Trinajstić information content (AvgIpc) is 2.95. The maximum atomic E-state index is 14.0. The van der Waals surface area contributed by atoms with Gasteiger partial charge in [0.2, 0.25) is 15.9 Å². The summed E-state index contributed by atoms with van der Waals surface area (Å²) in [5, 5.41) is 2.33. The number of sulfonamides is 1. The summed E-state index contributed by atoms with van der Waals surface area (Å²) in [6.45, 7) is 4.19. The van der Waals surface area contributed by atoms with Gasteiger partial charge in [-0.1, -0.05) is 31.2 Å². The zero-order valence-electron chi connectivity index (χ0n) is 18.1. The van der Waals surface area contributed by atoms with Gasteiger partial charge < -0.3 is 10.1 Å². The molecule has 2 aromatic rings. The van der Waals surface area contributed by atoms with Crippen molar-refractivity contribution in [1.82, 2.24) is 9.62 Å². The lowest BCUT2D eigenvalue weighted by Crippen LogP contribution is -2.41. The van der Waals surface area contributed by atoms with Gasteiger partial charge in [0.05, 0.1) is 18.3 Å². The minimum atomic E-state index is -3.49. The minimum Gasteiger partial charge on any atom is -0.496 e. The van der Waals surface area contributed by atoms with Crippen LogP contribution in [0.25, 0.3) is 11.1 Å². The van der Waals surface area contributed by atoms with Crippen LogP contribution in [0.1, 0.15) is 25.8 Å². The smallest absolute Gasteiger partial charge is 0.224 e. The largest absolute Gasteiger partial charge is 0.496 e. The number of amides is 1. The second kappa shape index (κ2) is 9.78. The fourth-order valence-electron chi connectivity index (χ4n) is 3.84. The summed E-state index contributed by atoms with van der Waals surface area (Å²) in [5.74, 6) is -0.589. The lowest BCUT2D eigenvalue weighted by atomic mass is 9.91. The van der Waals surface area contributed by atoms with Crippen molar-refractivity contribution in [3.8, 4) is 16.9 Å². The van der Waals surface area contributed by atoms with Crippen molar-refractivity contribution >= 4 is 15.9 Å². The van der Waals surface area contributed by atoms with Gasteiger partial charge in [0.15, 0.2) is 0 Å². The summed E-state index contributed by atoms with van der Waals surface area (Å²) in [5.41, 5.74) is 2.18. The van der Waals surface area contributed by atoms with E-state index in [0.29, 0.717) is 24.2 Å². The predicted octanol–water partition coefficient (Wildman–Crippen LogP) is 3.22. The van der Waals surface area contributed by atoms with E-state index in [-0.39, 0.29) is 31.4 Å². The van der Waals surface area contributed by atoms with Crippen LogP contribution in [-0.2, 0) is 21.2 Å². The number of nitrogens with zero attached hydrogens (tertiary/aromatic N) is 1. The molecule has 168 valence electrons. The number of hydrogen-bond acceptors (Lipinski definition) is 4. The second-order valence-electron chi connectivity index (χ2n) is 7.82. The molecule has 1 amide bonds. The van der Waals surface area contributed by atoms with Crippen LogP contribution >= 0.6 is 0 Å². The van der Waals surface area contributed by atoms with E-state index in [1.165, 1.54) is 23.5 Å². The lowest BCUT2D eigenvalue weighted by Gasteiger charge is -2.26. The summed E-state index contributed by atoms with van der Waals surface area (Å²) in [6, 6.07) is 11.7. The number of benzene rings is 2. The Hall–Kier alpha value is -2.45. The molecule has 0 aromatic heterocycles. The maximum Gasteiger partial charge on any atom is 0.224 e. The molecular weight excluding hydrogens is 419 g/mol. The second-order valence-corrected chi connectivity index (χ2v) is 10.2. The SMILES string of the molecule is CC[C@@H](C)S(=O)(=O)N1CCNC(=O)[C@H](Cc2ccccc2-c2cc(F)ccc2OC)C1. The van der Waals surface area contributed by atoms with Crippen molar-refractivity contribution in [3.63, 3.8) is 0 Å². The van der Waals surface area contributed by atoms with E-state index in [4.69, 9.17) is 4.74 Å². The van der Waals surface area contributed by atoms with Crippen molar-refractivity contribution in [2.24, 2.45) is 5.92 Å². The monoisotopic (exact) mass is 448 g/mol. The number of methoxy groups -OCH3 is 1. The Labute approximate surface area is 183 Å². The molecule has 6 nitrogen and oxygen atoms in total. The van der Waals surface area contributed by atoms with Gasteiger partial charge in [-0.25, -0.2) is 12.8 Å². The van der Waals surface area contributed by atoms with E-state index < -0.39 is 21.2 Å². The number of rotatable bonds is 7. The lowest BCUT2D eigenvalue weighted by molar-refractivity contribution is -0.124. The van der Waals surface area contributed by atoms with E-state index >= 15 is 0 Å². The summed E-state index contributed by atoms with van der Waals surface area (Å²) >= 11 is 0. The van der Waals surface area contributed by atoms with Crippen LogP contribution in [0.15, 0.2) is 42.5 Å². The maximum absolute atomic E-state index is 14.0. The average molecular weight is 449 g/mol. The summed E-state index contributed by atoms with van der Waals surface area (Å²) in [4.78, 5) is 12.7. The number of ether oxygens (including phenoxy) is 1. The van der Waals surface area contributed by atoms with Crippen LogP contribution in [0.4, 0.5) is 4.39 Å². The first-order valence-corrected chi connectivity index (χ1v) is 12.0. The highest BCUT2D eigenvalue weighted by atomic mass is 32.2. The molecule has 0 radical (unpaired) electrons. The molecule has 3 rings (SSSR count). The van der Waals surface area contributed by atoms with Crippen LogP contribution in [0.3, 0.4) is 0 Å². The van der Waals surface area contributed by atoms with Gasteiger partial charge in [0.25, 0.3) is 0 Å². The van der Waals surface area contributed by atoms with Gasteiger partial charge in [0.1, 0.15) is 11.6 Å². The molecule has 0 bridgehead atoms. The van der Waals surface area contributed by atoms with Crippen LogP contribution in [-0.4, -0.2) is 50.6 Å². The van der Waals surface area contributed by atoms with Crippen LogP contribution in [0, 0.1) is 11.7 Å². The van der Waals surface area contributed by atoms with E-state index in [1.54, 1.807) is 13.0 Å². The first-order chi connectivity index (χ1) is 14.8. The Balaban J connectivity index is 1.95. The number of hydrogen-bond donors (Lipinski definition) is 1. The molecule has 1 N–H and O–H groups in total. The Bertz CT molecular complexity index is 1040. The zero-order valence-corrected chi connectivity index (χ0v) is 18.9. The minimum absolute atomic E-state index is 0.118. The quantitative estimate of drug-likeness (QED) is 0.706. The van der Waals surface area contributed by atoms with Gasteiger partial charge in [-0.2, -0.15) is 4.31 Å². The molecular formula is C23H29FN2O4S. The van der Waals surface area contributed by atoms with E-state index in [1.807, 2.05) is 31.2 Å². The molecule has 0 saturated carbocycles. The highest BCUT2D eigenvalue weighted by Crippen LogP contribution is 2.34. The zero-order chi connectivity index (χ0) is 22.6. The van der Waals surface area contributed by atoms with E-state index in [0.717, 1.165) is 11.1 Å². The molecule has 1 aliphatic rings. The normalized spacial score (nSPS) is 18.8. The first kappa shape index (κ1) is 23.2. The number of carbonyl (C=O) groups excluding carboxylic acids is 1. The molecule has 1 heterocycles. The van der Waals surface area contributed by atoms with Crippen molar-refractivity contribution < 1.29 is 22.3 Å². The summed E-state index contributed by atoms with van der Waals surface area (Å²) in [6.07, 6.45) is 0.835. The molecule has 2 aromatic carbocycles. The Kier molecular flexibility index (Phi) is 7.33. The number of nitrogens with one attached hydrogen (secondary N) is 1. The first-order valence-electron chi connectivity index (χ1n) is 10.5. The molecule has 2 atom stereocenters. The molecule has 31 heavy (non-hydrogen) atoms. The van der Waals surface area contributed by atoms with Crippen LogP contribution in [0.2, 0.25) is 0 Å². The number of halogens is 1. The van der Waals surface area contributed by atoms with Crippen molar-refractivity contribution in [2.45, 2.75) is 31.9 Å². The fourth-order valence-corrected chi connectivity index (χ4v) is 5.50. The molecule has 0 spiro atoms. The van der Waals surface area contributed by atoms with Crippen molar-refractivity contribution in [3.05, 3.63) is 53.8 Å². The number of carbonyl (C=O) groups is 1. The third-order valence-electron chi connectivity index (χ3n) is 5.83. The fraction of sp³-hybridized carbons (Fsp3) is 0.435. The van der Waals surface area contributed by atoms with Crippen molar-refractivity contribution in [1.29, 1.82) is 0 Å². The van der Waals surface area contributed by atoms with E-state index in [2.05, 4.69) is 5.32 Å². The molecule has 8 heteroatoms. The highest BCUT2D eigenvalue weighted by molar-refractivity contribution is 7.89. The van der Waals surface area contributed by atoms with Gasteiger partial charge in [-0.15, -0.1) is 0 Å². The van der Waals surface area contributed by atoms with Gasteiger partial charge in [-0.05, 0) is 49.1 Å². The molecule has 0 unspecified atom stereocenters. The molecule has 1 fully saturated rings. The predicted molar refractivity (Wildman–Crippen MR) is 119 cm³/mol. The highest BCUT2D eigenvalue weighted by Gasteiger charge is 2.34. The molecule has 1 saturated heterocycles. The van der Waals surface area contributed by atoms with Crippen molar-refractivity contribution in [2.75, 3.05) is 26.7 Å².